The van der Waals surface area contributed by atoms with E-state index in [1.54, 1.807) is 18.2 Å². The summed E-state index contributed by atoms with van der Waals surface area (Å²) in [6, 6.07) is 9.29. The molecule has 0 bridgehead atoms. The van der Waals surface area contributed by atoms with Crippen LogP contribution >= 0.6 is 0 Å². The van der Waals surface area contributed by atoms with Crippen LogP contribution in [0.5, 0.6) is 0 Å². The average Bonchev–Trinajstić information content (AvgIpc) is 2.46. The predicted octanol–water partition coefficient (Wildman–Crippen LogP) is 2.21. The maximum Gasteiger partial charge on any atom is 0.266 e. The fraction of sp³-hybridized carbons (Fsp3) is 0.333. The quantitative estimate of drug-likeness (QED) is 0.823. The monoisotopic (exact) mass is 276 g/mol. The van der Waals surface area contributed by atoms with Crippen LogP contribution in [-0.4, -0.2) is 21.5 Å². The van der Waals surface area contributed by atoms with Crippen LogP contribution in [0.1, 0.15) is 19.3 Å². The Balaban J connectivity index is 2.20. The molecule has 1 N–H and O–H groups in total. The second-order valence-corrected chi connectivity index (χ2v) is 4.54. The van der Waals surface area contributed by atoms with E-state index in [9.17, 15) is 9.18 Å². The molecule has 0 unspecified atom stereocenters. The number of aromatic nitrogens is 2. The molecule has 0 aliphatic heterocycles. The number of aliphatic hydroxyl groups excluding tert-OH is 1. The van der Waals surface area contributed by atoms with Gasteiger partial charge < -0.3 is 5.11 Å². The SMILES string of the molecule is O=c1ccc(-c2ccccc2F)nn1CCCCCO. The van der Waals surface area contributed by atoms with Crippen molar-refractivity contribution in [3.8, 4) is 11.3 Å². The topological polar surface area (TPSA) is 55.1 Å². The van der Waals surface area contributed by atoms with Gasteiger partial charge in [0.15, 0.2) is 0 Å². The lowest BCUT2D eigenvalue weighted by Crippen LogP contribution is -2.22. The number of nitrogens with zero attached hydrogens (tertiary/aromatic N) is 2. The van der Waals surface area contributed by atoms with E-state index in [0.29, 0.717) is 24.2 Å². The van der Waals surface area contributed by atoms with Crippen molar-refractivity contribution in [3.63, 3.8) is 0 Å². The highest BCUT2D eigenvalue weighted by atomic mass is 19.1. The highest BCUT2D eigenvalue weighted by Gasteiger charge is 2.07. The maximum absolute atomic E-state index is 13.7. The number of aryl methyl sites for hydroxylation is 1. The predicted molar refractivity (Wildman–Crippen MR) is 74.8 cm³/mol. The lowest BCUT2D eigenvalue weighted by molar-refractivity contribution is 0.281. The van der Waals surface area contributed by atoms with Gasteiger partial charge in [-0.1, -0.05) is 12.1 Å². The van der Waals surface area contributed by atoms with Gasteiger partial charge in [0.25, 0.3) is 5.56 Å². The van der Waals surface area contributed by atoms with Gasteiger partial charge in [0.05, 0.1) is 5.69 Å². The normalized spacial score (nSPS) is 10.7. The molecule has 0 spiro atoms. The lowest BCUT2D eigenvalue weighted by atomic mass is 10.1. The second kappa shape index (κ2) is 6.96. The van der Waals surface area contributed by atoms with Gasteiger partial charge in [-0.05, 0) is 37.5 Å². The van der Waals surface area contributed by atoms with Crippen molar-refractivity contribution in [1.29, 1.82) is 0 Å². The molecule has 2 aromatic rings. The summed E-state index contributed by atoms with van der Waals surface area (Å²) in [7, 11) is 0. The number of hydrogen-bond acceptors (Lipinski definition) is 3. The molecule has 5 heteroatoms. The number of unbranched alkanes of at least 4 members (excludes halogenated alkanes) is 2. The summed E-state index contributed by atoms with van der Waals surface area (Å²) >= 11 is 0. The van der Waals surface area contributed by atoms with Crippen molar-refractivity contribution >= 4 is 0 Å². The first kappa shape index (κ1) is 14.4. The third kappa shape index (κ3) is 3.51. The Kier molecular flexibility index (Phi) is 5.01. The van der Waals surface area contributed by atoms with E-state index in [1.807, 2.05) is 0 Å². The van der Waals surface area contributed by atoms with Gasteiger partial charge in [0.2, 0.25) is 0 Å². The number of halogens is 1. The second-order valence-electron chi connectivity index (χ2n) is 4.54. The van der Waals surface area contributed by atoms with Crippen LogP contribution in [-0.2, 0) is 6.54 Å². The van der Waals surface area contributed by atoms with Crippen LogP contribution in [0.3, 0.4) is 0 Å². The van der Waals surface area contributed by atoms with Gasteiger partial charge in [-0.3, -0.25) is 4.79 Å². The summed E-state index contributed by atoms with van der Waals surface area (Å²) in [4.78, 5) is 11.7. The molecule has 1 aromatic carbocycles. The highest BCUT2D eigenvalue weighted by Crippen LogP contribution is 2.18. The highest BCUT2D eigenvalue weighted by molar-refractivity contribution is 5.58. The van der Waals surface area contributed by atoms with Gasteiger partial charge in [-0.2, -0.15) is 5.10 Å². The minimum Gasteiger partial charge on any atom is -0.396 e. The Morgan fingerprint density at radius 2 is 1.90 bits per heavy atom. The van der Waals surface area contributed by atoms with E-state index in [-0.39, 0.29) is 18.0 Å². The Labute approximate surface area is 116 Å². The number of aliphatic hydroxyl groups is 1. The zero-order valence-electron chi connectivity index (χ0n) is 11.1. The minimum atomic E-state index is -0.356. The van der Waals surface area contributed by atoms with Crippen LogP contribution in [0.2, 0.25) is 0 Å². The largest absolute Gasteiger partial charge is 0.396 e. The Bertz CT molecular complexity index is 625. The van der Waals surface area contributed by atoms with Gasteiger partial charge in [0.1, 0.15) is 5.82 Å². The van der Waals surface area contributed by atoms with Crippen LogP contribution in [0.25, 0.3) is 11.3 Å². The first-order valence-corrected chi connectivity index (χ1v) is 6.66. The van der Waals surface area contributed by atoms with Gasteiger partial charge >= 0.3 is 0 Å². The smallest absolute Gasteiger partial charge is 0.266 e. The molecule has 0 aliphatic carbocycles. The molecular formula is C15H17FN2O2. The molecule has 0 aliphatic rings. The van der Waals surface area contributed by atoms with Gasteiger partial charge in [-0.25, -0.2) is 9.07 Å². The maximum atomic E-state index is 13.7. The van der Waals surface area contributed by atoms with Gasteiger partial charge in [0, 0.05) is 24.8 Å². The molecule has 20 heavy (non-hydrogen) atoms. The van der Waals surface area contributed by atoms with Crippen LogP contribution in [0.4, 0.5) is 4.39 Å². The number of rotatable bonds is 6. The molecule has 0 saturated carbocycles. The van der Waals surface area contributed by atoms with E-state index in [1.165, 1.54) is 22.9 Å². The third-order valence-corrected chi connectivity index (χ3v) is 3.04. The zero-order chi connectivity index (χ0) is 14.4. The van der Waals surface area contributed by atoms with Crippen LogP contribution < -0.4 is 5.56 Å². The third-order valence-electron chi connectivity index (χ3n) is 3.04. The average molecular weight is 276 g/mol. The summed E-state index contributed by atoms with van der Waals surface area (Å²) in [6.45, 7) is 0.624. The Hall–Kier alpha value is -2.01. The van der Waals surface area contributed by atoms with Crippen molar-refractivity contribution < 1.29 is 9.50 Å². The fourth-order valence-electron chi connectivity index (χ4n) is 1.97. The zero-order valence-corrected chi connectivity index (χ0v) is 11.1. The first-order chi connectivity index (χ1) is 9.72. The van der Waals surface area contributed by atoms with E-state index in [4.69, 9.17) is 5.11 Å². The van der Waals surface area contributed by atoms with Gasteiger partial charge in [-0.15, -0.1) is 0 Å². The molecular weight excluding hydrogens is 259 g/mol. The van der Waals surface area contributed by atoms with Crippen molar-refractivity contribution in [1.82, 2.24) is 9.78 Å². The number of hydrogen-bond donors (Lipinski definition) is 1. The fourth-order valence-corrected chi connectivity index (χ4v) is 1.97. The summed E-state index contributed by atoms with van der Waals surface area (Å²) in [5.41, 5.74) is 0.635. The molecule has 1 heterocycles. The van der Waals surface area contributed by atoms with E-state index in [0.717, 1.165) is 12.8 Å². The van der Waals surface area contributed by atoms with Crippen molar-refractivity contribution in [2.75, 3.05) is 6.61 Å². The molecule has 106 valence electrons. The lowest BCUT2D eigenvalue weighted by Gasteiger charge is -2.07. The van der Waals surface area contributed by atoms with Crippen molar-refractivity contribution in [3.05, 3.63) is 52.6 Å². The van der Waals surface area contributed by atoms with E-state index < -0.39 is 0 Å². The van der Waals surface area contributed by atoms with E-state index in [2.05, 4.69) is 5.10 Å². The molecule has 0 amide bonds. The summed E-state index contributed by atoms with van der Waals surface area (Å²) < 4.78 is 15.1. The molecule has 0 radical (unpaired) electrons. The summed E-state index contributed by atoms with van der Waals surface area (Å²) in [6.07, 6.45) is 2.30. The number of benzene rings is 1. The summed E-state index contributed by atoms with van der Waals surface area (Å²) in [5, 5.41) is 12.9. The molecule has 4 nitrogen and oxygen atoms in total. The molecule has 2 rings (SSSR count). The molecule has 0 atom stereocenters. The van der Waals surface area contributed by atoms with E-state index >= 15 is 0 Å². The van der Waals surface area contributed by atoms with Crippen LogP contribution in [0.15, 0.2) is 41.2 Å². The van der Waals surface area contributed by atoms with Crippen molar-refractivity contribution in [2.24, 2.45) is 0 Å². The molecule has 1 aromatic heterocycles. The summed E-state index contributed by atoms with van der Waals surface area (Å²) in [5.74, 6) is -0.356. The molecule has 0 fully saturated rings. The Morgan fingerprint density at radius 3 is 2.65 bits per heavy atom. The Morgan fingerprint density at radius 1 is 1.10 bits per heavy atom. The van der Waals surface area contributed by atoms with Crippen LogP contribution in [0, 0.1) is 5.82 Å². The van der Waals surface area contributed by atoms with Crippen molar-refractivity contribution in [2.45, 2.75) is 25.8 Å². The minimum absolute atomic E-state index is 0.150. The standard InChI is InChI=1S/C15H17FN2O2/c16-13-7-3-2-6-12(13)14-8-9-15(20)18(17-14)10-4-1-5-11-19/h2-3,6-9,19H,1,4-5,10-11H2. The molecule has 0 saturated heterocycles. The first-order valence-electron chi connectivity index (χ1n) is 6.66.